The monoisotopic (exact) mass is 260 g/mol. The average Bonchev–Trinajstić information content (AvgIpc) is 2.82. The summed E-state index contributed by atoms with van der Waals surface area (Å²) in [6.45, 7) is 4.98. The summed E-state index contributed by atoms with van der Waals surface area (Å²) in [5.74, 6) is 9.04. The van der Waals surface area contributed by atoms with E-state index in [0.29, 0.717) is 0 Å². The first-order valence-corrected chi connectivity index (χ1v) is 9.24. The maximum absolute atomic E-state index is 2.50. The van der Waals surface area contributed by atoms with E-state index in [2.05, 4.69) is 13.8 Å². The molecule has 0 aromatic heterocycles. The second kappa shape index (κ2) is 4.78. The van der Waals surface area contributed by atoms with Gasteiger partial charge in [0.15, 0.2) is 0 Å². The lowest BCUT2D eigenvalue weighted by Crippen LogP contribution is -2.35. The first kappa shape index (κ1) is 12.7. The Morgan fingerprint density at radius 1 is 0.632 bits per heavy atom. The highest BCUT2D eigenvalue weighted by Crippen LogP contribution is 2.57. The molecule has 4 aliphatic carbocycles. The SMILES string of the molecule is CC1CCC2C(CCCC3CCC4C(C)CC34)CC12. The molecule has 4 fully saturated rings. The van der Waals surface area contributed by atoms with Crippen LogP contribution in [0.15, 0.2) is 0 Å². The summed E-state index contributed by atoms with van der Waals surface area (Å²) in [5.41, 5.74) is 0. The van der Waals surface area contributed by atoms with Crippen LogP contribution < -0.4 is 0 Å². The zero-order valence-electron chi connectivity index (χ0n) is 13.0. The fraction of sp³-hybridized carbons (Fsp3) is 1.00. The number of rotatable bonds is 4. The van der Waals surface area contributed by atoms with Gasteiger partial charge in [0, 0.05) is 0 Å². The van der Waals surface area contributed by atoms with E-state index < -0.39 is 0 Å². The van der Waals surface area contributed by atoms with Crippen molar-refractivity contribution in [3.05, 3.63) is 0 Å². The molecule has 0 aromatic rings. The van der Waals surface area contributed by atoms with Crippen molar-refractivity contribution in [2.75, 3.05) is 0 Å². The van der Waals surface area contributed by atoms with Gasteiger partial charge < -0.3 is 0 Å². The van der Waals surface area contributed by atoms with Crippen LogP contribution in [-0.2, 0) is 0 Å². The van der Waals surface area contributed by atoms with Gasteiger partial charge in [0.25, 0.3) is 0 Å². The highest BCUT2D eigenvalue weighted by Gasteiger charge is 2.48. The van der Waals surface area contributed by atoms with Gasteiger partial charge in [-0.2, -0.15) is 0 Å². The topological polar surface area (TPSA) is 0 Å². The van der Waals surface area contributed by atoms with Crippen molar-refractivity contribution in [3.8, 4) is 0 Å². The summed E-state index contributed by atoms with van der Waals surface area (Å²) < 4.78 is 0. The van der Waals surface area contributed by atoms with Gasteiger partial charge in [-0.25, -0.2) is 0 Å². The molecular formula is C19H32. The van der Waals surface area contributed by atoms with Gasteiger partial charge in [0.2, 0.25) is 0 Å². The molecule has 19 heavy (non-hydrogen) atoms. The third-order valence-electron chi connectivity index (χ3n) is 7.97. The first-order chi connectivity index (χ1) is 9.24. The lowest BCUT2D eigenvalue weighted by Gasteiger charge is -2.43. The fourth-order valence-electron chi connectivity index (χ4n) is 6.63. The number of hydrogen-bond acceptors (Lipinski definition) is 0. The van der Waals surface area contributed by atoms with E-state index in [0.717, 1.165) is 47.3 Å². The molecule has 8 unspecified atom stereocenters. The molecule has 4 saturated carbocycles. The van der Waals surface area contributed by atoms with Crippen molar-refractivity contribution in [1.29, 1.82) is 0 Å². The van der Waals surface area contributed by atoms with Crippen LogP contribution in [0.5, 0.6) is 0 Å². The summed E-state index contributed by atoms with van der Waals surface area (Å²) in [6.07, 6.45) is 14.1. The van der Waals surface area contributed by atoms with E-state index in [-0.39, 0.29) is 0 Å². The second-order valence-corrected chi connectivity index (χ2v) is 8.69. The summed E-state index contributed by atoms with van der Waals surface area (Å²) in [4.78, 5) is 0. The molecule has 0 radical (unpaired) electrons. The Kier molecular flexibility index (Phi) is 3.20. The molecule has 0 nitrogen and oxygen atoms in total. The Balaban J connectivity index is 1.19. The highest BCUT2D eigenvalue weighted by atomic mass is 14.5. The van der Waals surface area contributed by atoms with E-state index in [1.54, 1.807) is 51.4 Å². The Bertz CT molecular complexity index is 333. The van der Waals surface area contributed by atoms with Gasteiger partial charge in [-0.3, -0.25) is 0 Å². The molecule has 0 bridgehead atoms. The van der Waals surface area contributed by atoms with Gasteiger partial charge in [-0.15, -0.1) is 0 Å². The summed E-state index contributed by atoms with van der Waals surface area (Å²) in [5, 5.41) is 0. The minimum Gasteiger partial charge on any atom is -0.0622 e. The second-order valence-electron chi connectivity index (χ2n) is 8.69. The third-order valence-corrected chi connectivity index (χ3v) is 7.97. The Morgan fingerprint density at radius 3 is 2.16 bits per heavy atom. The molecule has 8 atom stereocenters. The van der Waals surface area contributed by atoms with Crippen molar-refractivity contribution >= 4 is 0 Å². The van der Waals surface area contributed by atoms with Gasteiger partial charge in [-0.05, 0) is 79.4 Å². The standard InChI is InChI=1S/C19H32/c1-12-6-8-17-15(11-18(12)17)5-3-4-14-7-9-16-13(2)10-19(14)16/h12-19H,3-11H2,1-2H3. The minimum absolute atomic E-state index is 1.06. The molecule has 0 N–H and O–H groups in total. The molecule has 0 aromatic carbocycles. The lowest BCUT2D eigenvalue weighted by atomic mass is 9.62. The maximum Gasteiger partial charge on any atom is -0.0352 e. The first-order valence-electron chi connectivity index (χ1n) is 9.24. The van der Waals surface area contributed by atoms with E-state index in [4.69, 9.17) is 0 Å². The molecule has 4 aliphatic rings. The molecule has 108 valence electrons. The van der Waals surface area contributed by atoms with Gasteiger partial charge >= 0.3 is 0 Å². The Morgan fingerprint density at radius 2 is 1.42 bits per heavy atom. The molecular weight excluding hydrogens is 228 g/mol. The summed E-state index contributed by atoms with van der Waals surface area (Å²) >= 11 is 0. The highest BCUT2D eigenvalue weighted by molar-refractivity contribution is 4.98. The van der Waals surface area contributed by atoms with E-state index in [1.165, 1.54) is 6.42 Å². The fourth-order valence-corrected chi connectivity index (χ4v) is 6.63. The van der Waals surface area contributed by atoms with Crippen LogP contribution in [-0.4, -0.2) is 0 Å². The normalized spacial score (nSPS) is 55.3. The molecule has 0 spiro atoms. The van der Waals surface area contributed by atoms with E-state index >= 15 is 0 Å². The average molecular weight is 260 g/mol. The summed E-state index contributed by atoms with van der Waals surface area (Å²) in [6, 6.07) is 0. The van der Waals surface area contributed by atoms with Crippen molar-refractivity contribution in [2.24, 2.45) is 47.3 Å². The zero-order valence-corrected chi connectivity index (χ0v) is 13.0. The third kappa shape index (κ3) is 2.00. The van der Waals surface area contributed by atoms with Crippen molar-refractivity contribution in [1.82, 2.24) is 0 Å². The smallest absolute Gasteiger partial charge is 0.0352 e. The maximum atomic E-state index is 2.50. The predicted octanol–water partition coefficient (Wildman–Crippen LogP) is 5.52. The van der Waals surface area contributed by atoms with Gasteiger partial charge in [-0.1, -0.05) is 39.5 Å². The zero-order chi connectivity index (χ0) is 13.0. The Hall–Kier alpha value is 0. The van der Waals surface area contributed by atoms with Gasteiger partial charge in [0.1, 0.15) is 0 Å². The van der Waals surface area contributed by atoms with E-state index in [9.17, 15) is 0 Å². The lowest BCUT2D eigenvalue weighted by molar-refractivity contribution is 0.0607. The molecule has 0 amide bonds. The van der Waals surface area contributed by atoms with Crippen LogP contribution in [0.3, 0.4) is 0 Å². The minimum atomic E-state index is 1.06. The number of hydrogen-bond donors (Lipinski definition) is 0. The molecule has 0 saturated heterocycles. The van der Waals surface area contributed by atoms with Crippen molar-refractivity contribution in [2.45, 2.75) is 71.6 Å². The number of fused-ring (bicyclic) bond motifs is 2. The van der Waals surface area contributed by atoms with Crippen LogP contribution in [0.2, 0.25) is 0 Å². The van der Waals surface area contributed by atoms with Crippen LogP contribution in [0, 0.1) is 47.3 Å². The quantitative estimate of drug-likeness (QED) is 0.624. The van der Waals surface area contributed by atoms with Crippen molar-refractivity contribution in [3.63, 3.8) is 0 Å². The van der Waals surface area contributed by atoms with Crippen molar-refractivity contribution < 1.29 is 0 Å². The molecule has 0 heteroatoms. The van der Waals surface area contributed by atoms with E-state index in [1.807, 2.05) is 0 Å². The summed E-state index contributed by atoms with van der Waals surface area (Å²) in [7, 11) is 0. The molecule has 4 rings (SSSR count). The Labute approximate surface area is 119 Å². The van der Waals surface area contributed by atoms with Crippen LogP contribution in [0.4, 0.5) is 0 Å². The van der Waals surface area contributed by atoms with Gasteiger partial charge in [0.05, 0.1) is 0 Å². The van der Waals surface area contributed by atoms with Crippen LogP contribution in [0.25, 0.3) is 0 Å². The van der Waals surface area contributed by atoms with Crippen LogP contribution in [0.1, 0.15) is 71.6 Å². The molecule has 0 heterocycles. The predicted molar refractivity (Wildman–Crippen MR) is 80.8 cm³/mol. The molecule has 0 aliphatic heterocycles. The largest absolute Gasteiger partial charge is 0.0622 e. The van der Waals surface area contributed by atoms with Crippen LogP contribution >= 0.6 is 0 Å².